The molecule has 9 heteroatoms. The number of aromatic nitrogens is 3. The van der Waals surface area contributed by atoms with Gasteiger partial charge in [-0.2, -0.15) is 0 Å². The first-order valence-corrected chi connectivity index (χ1v) is 7.86. The molecule has 0 saturated carbocycles. The second kappa shape index (κ2) is 6.87. The average Bonchev–Trinajstić information content (AvgIpc) is 2.81. The Morgan fingerprint density at radius 3 is 2.57 bits per heavy atom. The van der Waals surface area contributed by atoms with Crippen molar-refractivity contribution in [3.63, 3.8) is 0 Å². The minimum Gasteiger partial charge on any atom is -0.324 e. The number of anilines is 1. The lowest BCUT2D eigenvalue weighted by Gasteiger charge is -2.13. The van der Waals surface area contributed by atoms with E-state index in [1.54, 1.807) is 17.8 Å². The molecule has 1 aromatic carbocycles. The standard InChI is InChI=1S/C12H11Cl3N4OS/c1-6(21-12-18-16-5-19(12)2)11(20)17-10-4-8(14)7(13)3-9(10)15/h3-6H,1-2H3,(H,17,20). The molecule has 1 N–H and O–H groups in total. The fourth-order valence-corrected chi connectivity index (χ4v) is 2.83. The van der Waals surface area contributed by atoms with E-state index in [0.29, 0.717) is 25.9 Å². The van der Waals surface area contributed by atoms with Gasteiger partial charge in [0.25, 0.3) is 0 Å². The molecule has 0 saturated heterocycles. The van der Waals surface area contributed by atoms with Gasteiger partial charge in [-0.05, 0) is 19.1 Å². The Morgan fingerprint density at radius 1 is 1.29 bits per heavy atom. The van der Waals surface area contributed by atoms with Crippen molar-refractivity contribution in [1.29, 1.82) is 0 Å². The summed E-state index contributed by atoms with van der Waals surface area (Å²) in [6.07, 6.45) is 1.57. The summed E-state index contributed by atoms with van der Waals surface area (Å²) in [6, 6.07) is 3.01. The molecule has 1 heterocycles. The van der Waals surface area contributed by atoms with E-state index in [1.807, 2.05) is 7.05 Å². The van der Waals surface area contributed by atoms with E-state index in [1.165, 1.54) is 23.9 Å². The van der Waals surface area contributed by atoms with Crippen LogP contribution in [0.15, 0.2) is 23.6 Å². The van der Waals surface area contributed by atoms with Crippen molar-refractivity contribution >= 4 is 58.2 Å². The van der Waals surface area contributed by atoms with Gasteiger partial charge in [-0.1, -0.05) is 46.6 Å². The smallest absolute Gasteiger partial charge is 0.237 e. The third-order valence-corrected chi connectivity index (χ3v) is 4.77. The lowest BCUT2D eigenvalue weighted by Crippen LogP contribution is -2.23. The second-order valence-electron chi connectivity index (χ2n) is 4.22. The lowest BCUT2D eigenvalue weighted by molar-refractivity contribution is -0.115. The molecule has 0 spiro atoms. The molecule has 0 aliphatic carbocycles. The maximum Gasteiger partial charge on any atom is 0.237 e. The highest BCUT2D eigenvalue weighted by Crippen LogP contribution is 2.32. The summed E-state index contributed by atoms with van der Waals surface area (Å²) in [5, 5.41) is 11.7. The Labute approximate surface area is 141 Å². The molecule has 1 aromatic heterocycles. The van der Waals surface area contributed by atoms with Gasteiger partial charge in [0.1, 0.15) is 6.33 Å². The number of hydrogen-bond donors (Lipinski definition) is 1. The highest BCUT2D eigenvalue weighted by Gasteiger charge is 2.18. The molecule has 1 atom stereocenters. The third-order valence-electron chi connectivity index (χ3n) is 2.59. The minimum atomic E-state index is -0.376. The van der Waals surface area contributed by atoms with E-state index in [0.717, 1.165) is 0 Å². The number of hydrogen-bond acceptors (Lipinski definition) is 4. The summed E-state index contributed by atoms with van der Waals surface area (Å²) in [4.78, 5) is 12.2. The molecule has 2 aromatic rings. The Balaban J connectivity index is 2.07. The zero-order valence-corrected chi connectivity index (χ0v) is 14.2. The molecule has 0 fully saturated rings. The van der Waals surface area contributed by atoms with E-state index < -0.39 is 0 Å². The molecule has 1 unspecified atom stereocenters. The van der Waals surface area contributed by atoms with Crippen LogP contribution < -0.4 is 5.32 Å². The normalized spacial score (nSPS) is 12.2. The van der Waals surface area contributed by atoms with Gasteiger partial charge in [-0.25, -0.2) is 0 Å². The summed E-state index contributed by atoms with van der Waals surface area (Å²) >= 11 is 19.1. The number of carbonyl (C=O) groups excluding carboxylic acids is 1. The number of nitrogens with one attached hydrogen (secondary N) is 1. The van der Waals surface area contributed by atoms with Crippen molar-refractivity contribution in [2.24, 2.45) is 7.05 Å². The molecule has 0 aliphatic rings. The number of benzene rings is 1. The van der Waals surface area contributed by atoms with Gasteiger partial charge in [0, 0.05) is 7.05 Å². The summed E-state index contributed by atoms with van der Waals surface area (Å²) < 4.78 is 1.74. The highest BCUT2D eigenvalue weighted by atomic mass is 35.5. The zero-order chi connectivity index (χ0) is 15.6. The maximum atomic E-state index is 12.2. The van der Waals surface area contributed by atoms with Crippen LogP contribution >= 0.6 is 46.6 Å². The van der Waals surface area contributed by atoms with Crippen LogP contribution in [0, 0.1) is 0 Å². The number of nitrogens with zero attached hydrogens (tertiary/aromatic N) is 3. The SMILES string of the molecule is CC(Sc1nncn1C)C(=O)Nc1cc(Cl)c(Cl)cc1Cl. The van der Waals surface area contributed by atoms with Gasteiger partial charge >= 0.3 is 0 Å². The van der Waals surface area contributed by atoms with E-state index >= 15 is 0 Å². The maximum absolute atomic E-state index is 12.2. The van der Waals surface area contributed by atoms with Crippen LogP contribution in [0.1, 0.15) is 6.92 Å². The van der Waals surface area contributed by atoms with Gasteiger partial charge < -0.3 is 9.88 Å². The predicted octanol–water partition coefficient (Wildman–Crippen LogP) is 3.89. The Hall–Kier alpha value is -0.950. The molecule has 0 bridgehead atoms. The number of thioether (sulfide) groups is 1. The average molecular weight is 366 g/mol. The van der Waals surface area contributed by atoms with Crippen LogP contribution in [0.4, 0.5) is 5.69 Å². The Morgan fingerprint density at radius 2 is 1.95 bits per heavy atom. The first kappa shape index (κ1) is 16.4. The number of rotatable bonds is 4. The molecular formula is C12H11Cl3N4OS. The van der Waals surface area contributed by atoms with Gasteiger partial charge in [0.15, 0.2) is 5.16 Å². The number of aryl methyl sites for hydroxylation is 1. The van der Waals surface area contributed by atoms with E-state index in [4.69, 9.17) is 34.8 Å². The van der Waals surface area contributed by atoms with Crippen molar-refractivity contribution in [3.8, 4) is 0 Å². The fraction of sp³-hybridized carbons (Fsp3) is 0.250. The molecule has 21 heavy (non-hydrogen) atoms. The van der Waals surface area contributed by atoms with Crippen LogP contribution in [0.2, 0.25) is 15.1 Å². The van der Waals surface area contributed by atoms with Gasteiger partial charge in [-0.3, -0.25) is 4.79 Å². The fourth-order valence-electron chi connectivity index (χ4n) is 1.44. The molecule has 2 rings (SSSR count). The predicted molar refractivity (Wildman–Crippen MR) is 86.4 cm³/mol. The number of carbonyl (C=O) groups is 1. The van der Waals surface area contributed by atoms with Crippen LogP contribution in [0.25, 0.3) is 0 Å². The van der Waals surface area contributed by atoms with Crippen LogP contribution in [-0.2, 0) is 11.8 Å². The van der Waals surface area contributed by atoms with Gasteiger partial charge in [0.2, 0.25) is 5.91 Å². The zero-order valence-electron chi connectivity index (χ0n) is 11.1. The van der Waals surface area contributed by atoms with Crippen LogP contribution in [-0.4, -0.2) is 25.9 Å². The lowest BCUT2D eigenvalue weighted by atomic mass is 10.3. The largest absolute Gasteiger partial charge is 0.324 e. The van der Waals surface area contributed by atoms with Crippen molar-refractivity contribution in [1.82, 2.24) is 14.8 Å². The summed E-state index contributed by atoms with van der Waals surface area (Å²) in [5.41, 5.74) is 0.418. The monoisotopic (exact) mass is 364 g/mol. The highest BCUT2D eigenvalue weighted by molar-refractivity contribution is 8.00. The molecule has 1 amide bonds. The quantitative estimate of drug-likeness (QED) is 0.659. The molecule has 112 valence electrons. The van der Waals surface area contributed by atoms with Crippen molar-refractivity contribution in [2.45, 2.75) is 17.3 Å². The van der Waals surface area contributed by atoms with Gasteiger partial charge in [0.05, 0.1) is 26.0 Å². The van der Waals surface area contributed by atoms with Crippen LogP contribution in [0.3, 0.4) is 0 Å². The second-order valence-corrected chi connectivity index (χ2v) is 6.75. The van der Waals surface area contributed by atoms with Crippen molar-refractivity contribution in [2.75, 3.05) is 5.32 Å². The molecule has 0 aliphatic heterocycles. The Kier molecular flexibility index (Phi) is 5.37. The molecule has 0 radical (unpaired) electrons. The Bertz CT molecular complexity index is 677. The van der Waals surface area contributed by atoms with E-state index in [2.05, 4.69) is 15.5 Å². The topological polar surface area (TPSA) is 59.8 Å². The van der Waals surface area contributed by atoms with Crippen molar-refractivity contribution < 1.29 is 4.79 Å². The van der Waals surface area contributed by atoms with Crippen molar-refractivity contribution in [3.05, 3.63) is 33.5 Å². The minimum absolute atomic E-state index is 0.219. The number of amides is 1. The van der Waals surface area contributed by atoms with E-state index in [-0.39, 0.29) is 11.2 Å². The third kappa shape index (κ3) is 4.03. The molecule has 5 nitrogen and oxygen atoms in total. The van der Waals surface area contributed by atoms with Crippen LogP contribution in [0.5, 0.6) is 0 Å². The number of halogens is 3. The summed E-state index contributed by atoms with van der Waals surface area (Å²) in [5.74, 6) is -0.219. The van der Waals surface area contributed by atoms with E-state index in [9.17, 15) is 4.79 Å². The van der Waals surface area contributed by atoms with Gasteiger partial charge in [-0.15, -0.1) is 10.2 Å². The first-order valence-electron chi connectivity index (χ1n) is 5.84. The molecular weight excluding hydrogens is 355 g/mol. The first-order chi connectivity index (χ1) is 9.88. The summed E-state index contributed by atoms with van der Waals surface area (Å²) in [7, 11) is 1.81. The summed E-state index contributed by atoms with van der Waals surface area (Å²) in [6.45, 7) is 1.76.